The van der Waals surface area contributed by atoms with E-state index in [1.54, 1.807) is 0 Å². The van der Waals surface area contributed by atoms with Crippen molar-refractivity contribution < 1.29 is 0 Å². The summed E-state index contributed by atoms with van der Waals surface area (Å²) in [5, 5.41) is 3.65. The van der Waals surface area contributed by atoms with E-state index >= 15 is 0 Å². The van der Waals surface area contributed by atoms with Crippen molar-refractivity contribution in [3.63, 3.8) is 0 Å². The average Bonchev–Trinajstić information content (AvgIpc) is 2.31. The van der Waals surface area contributed by atoms with Crippen molar-refractivity contribution in [1.29, 1.82) is 0 Å². The highest BCUT2D eigenvalue weighted by molar-refractivity contribution is 9.10. The monoisotopic (exact) mass is 311 g/mol. The zero-order chi connectivity index (χ0) is 13.5. The van der Waals surface area contributed by atoms with Gasteiger partial charge < -0.3 is 5.32 Å². The van der Waals surface area contributed by atoms with Crippen molar-refractivity contribution in [3.05, 3.63) is 27.7 Å². The summed E-state index contributed by atoms with van der Waals surface area (Å²) in [4.78, 5) is 0. The molecule has 0 saturated carbocycles. The molecule has 1 nitrogen and oxygen atoms in total. The molecule has 0 spiro atoms. The first-order valence-corrected chi connectivity index (χ1v) is 7.88. The largest absolute Gasteiger partial charge is 0.384 e. The number of nitrogens with one attached hydrogen (secondary N) is 1. The van der Waals surface area contributed by atoms with Crippen LogP contribution in [0.1, 0.15) is 50.7 Å². The first kappa shape index (κ1) is 15.6. The fourth-order valence-electron chi connectivity index (χ4n) is 2.38. The predicted molar refractivity (Wildman–Crippen MR) is 85.4 cm³/mol. The van der Waals surface area contributed by atoms with Crippen LogP contribution in [0.2, 0.25) is 0 Å². The number of halogens is 1. The van der Waals surface area contributed by atoms with E-state index in [0.717, 1.165) is 12.5 Å². The molecule has 1 rings (SSSR count). The molecule has 0 aromatic heterocycles. The molecule has 102 valence electrons. The summed E-state index contributed by atoms with van der Waals surface area (Å²) in [6, 6.07) is 4.37. The maximum absolute atomic E-state index is 3.65. The van der Waals surface area contributed by atoms with Crippen molar-refractivity contribution in [3.8, 4) is 0 Å². The summed E-state index contributed by atoms with van der Waals surface area (Å²) in [6.45, 7) is 10.0. The zero-order valence-corrected chi connectivity index (χ0v) is 13.7. The smallest absolute Gasteiger partial charge is 0.0400 e. The van der Waals surface area contributed by atoms with Crippen LogP contribution in [0.3, 0.4) is 0 Å². The number of benzene rings is 1. The Hall–Kier alpha value is -0.500. The lowest BCUT2D eigenvalue weighted by atomic mass is 9.99. The quantitative estimate of drug-likeness (QED) is 0.681. The molecule has 1 aromatic carbocycles. The van der Waals surface area contributed by atoms with E-state index in [4.69, 9.17) is 0 Å². The highest BCUT2D eigenvalue weighted by Crippen LogP contribution is 2.26. The fraction of sp³-hybridized carbons (Fsp3) is 0.625. The van der Waals surface area contributed by atoms with Crippen LogP contribution in [0.5, 0.6) is 0 Å². The van der Waals surface area contributed by atoms with E-state index in [9.17, 15) is 0 Å². The topological polar surface area (TPSA) is 12.0 Å². The van der Waals surface area contributed by atoms with Crippen LogP contribution in [0.15, 0.2) is 16.6 Å². The van der Waals surface area contributed by atoms with Gasteiger partial charge in [0.2, 0.25) is 0 Å². The molecule has 0 aliphatic rings. The normalized spacial score (nSPS) is 12.5. The Balaban J connectivity index is 2.62. The number of hydrogen-bond donors (Lipinski definition) is 1. The molecule has 1 atom stereocenters. The van der Waals surface area contributed by atoms with Crippen molar-refractivity contribution >= 4 is 21.6 Å². The Bertz CT molecular complexity index is 350. The van der Waals surface area contributed by atoms with Crippen LogP contribution in [-0.2, 0) is 0 Å². The van der Waals surface area contributed by atoms with Crippen LogP contribution in [0, 0.1) is 19.8 Å². The van der Waals surface area contributed by atoms with Gasteiger partial charge >= 0.3 is 0 Å². The van der Waals surface area contributed by atoms with Crippen molar-refractivity contribution in [2.24, 2.45) is 5.92 Å². The van der Waals surface area contributed by atoms with Gasteiger partial charge in [0, 0.05) is 16.7 Å². The number of anilines is 1. The van der Waals surface area contributed by atoms with Gasteiger partial charge in [-0.2, -0.15) is 0 Å². The van der Waals surface area contributed by atoms with Crippen LogP contribution >= 0.6 is 15.9 Å². The molecule has 1 aromatic rings. The molecule has 0 heterocycles. The third-order valence-corrected chi connectivity index (χ3v) is 4.07. The Morgan fingerprint density at radius 2 is 1.78 bits per heavy atom. The van der Waals surface area contributed by atoms with Gasteiger partial charge in [-0.1, -0.05) is 49.0 Å². The first-order valence-electron chi connectivity index (χ1n) is 7.09. The Kier molecular flexibility index (Phi) is 6.77. The molecule has 0 radical (unpaired) electrons. The third kappa shape index (κ3) is 4.64. The Morgan fingerprint density at radius 1 is 1.17 bits per heavy atom. The standard InChI is InChI=1S/C16H26BrN/c1-5-7-8-14(6-2)11-18-16-12(3)9-15(17)10-13(16)4/h9-10,14,18H,5-8,11H2,1-4H3. The zero-order valence-electron chi connectivity index (χ0n) is 12.1. The van der Waals surface area contributed by atoms with Gasteiger partial charge in [-0.3, -0.25) is 0 Å². The molecular weight excluding hydrogens is 286 g/mol. The molecule has 0 saturated heterocycles. The molecule has 0 amide bonds. The third-order valence-electron chi connectivity index (χ3n) is 3.61. The Labute approximate surface area is 120 Å². The van der Waals surface area contributed by atoms with E-state index in [-0.39, 0.29) is 0 Å². The minimum absolute atomic E-state index is 0.799. The second kappa shape index (κ2) is 7.83. The predicted octanol–water partition coefficient (Wildman–Crippen LogP) is 5.69. The minimum atomic E-state index is 0.799. The van der Waals surface area contributed by atoms with Crippen LogP contribution in [0.25, 0.3) is 0 Å². The van der Waals surface area contributed by atoms with E-state index < -0.39 is 0 Å². The van der Waals surface area contributed by atoms with E-state index in [1.165, 1.54) is 47.0 Å². The van der Waals surface area contributed by atoms with E-state index in [1.807, 2.05) is 0 Å². The molecule has 0 fully saturated rings. The molecule has 0 bridgehead atoms. The number of hydrogen-bond acceptors (Lipinski definition) is 1. The second-order valence-electron chi connectivity index (χ2n) is 5.21. The fourth-order valence-corrected chi connectivity index (χ4v) is 3.07. The molecule has 1 N–H and O–H groups in total. The average molecular weight is 312 g/mol. The summed E-state index contributed by atoms with van der Waals surface area (Å²) in [6.07, 6.45) is 5.25. The molecule has 0 aliphatic heterocycles. The number of rotatable bonds is 7. The van der Waals surface area contributed by atoms with Crippen LogP contribution in [0.4, 0.5) is 5.69 Å². The van der Waals surface area contributed by atoms with Crippen LogP contribution < -0.4 is 5.32 Å². The highest BCUT2D eigenvalue weighted by Gasteiger charge is 2.08. The highest BCUT2D eigenvalue weighted by atomic mass is 79.9. The lowest BCUT2D eigenvalue weighted by molar-refractivity contribution is 0.472. The van der Waals surface area contributed by atoms with Gasteiger partial charge in [-0.25, -0.2) is 0 Å². The molecular formula is C16H26BrN. The summed E-state index contributed by atoms with van der Waals surface area (Å²) < 4.78 is 1.17. The van der Waals surface area contributed by atoms with Gasteiger partial charge in [0.05, 0.1) is 0 Å². The van der Waals surface area contributed by atoms with Gasteiger partial charge in [0.25, 0.3) is 0 Å². The van der Waals surface area contributed by atoms with Crippen molar-refractivity contribution in [2.75, 3.05) is 11.9 Å². The van der Waals surface area contributed by atoms with Gasteiger partial charge in [-0.15, -0.1) is 0 Å². The molecule has 0 aliphatic carbocycles. The van der Waals surface area contributed by atoms with Gasteiger partial charge in [-0.05, 0) is 49.4 Å². The number of aryl methyl sites for hydroxylation is 2. The Morgan fingerprint density at radius 3 is 2.28 bits per heavy atom. The van der Waals surface area contributed by atoms with Crippen molar-refractivity contribution in [2.45, 2.75) is 53.4 Å². The van der Waals surface area contributed by atoms with Gasteiger partial charge in [0.1, 0.15) is 0 Å². The maximum atomic E-state index is 3.65. The summed E-state index contributed by atoms with van der Waals surface area (Å²) in [5.41, 5.74) is 3.97. The molecule has 1 unspecified atom stereocenters. The molecule has 18 heavy (non-hydrogen) atoms. The van der Waals surface area contributed by atoms with E-state index in [0.29, 0.717) is 0 Å². The first-order chi connectivity index (χ1) is 8.58. The van der Waals surface area contributed by atoms with Crippen molar-refractivity contribution in [1.82, 2.24) is 0 Å². The lowest BCUT2D eigenvalue weighted by Crippen LogP contribution is -2.15. The minimum Gasteiger partial charge on any atom is -0.384 e. The second-order valence-corrected chi connectivity index (χ2v) is 6.13. The lowest BCUT2D eigenvalue weighted by Gasteiger charge is -2.19. The SMILES string of the molecule is CCCCC(CC)CNc1c(C)cc(Br)cc1C. The van der Waals surface area contributed by atoms with Crippen LogP contribution in [-0.4, -0.2) is 6.54 Å². The van der Waals surface area contributed by atoms with Gasteiger partial charge in [0.15, 0.2) is 0 Å². The summed E-state index contributed by atoms with van der Waals surface area (Å²) >= 11 is 3.55. The summed E-state index contributed by atoms with van der Waals surface area (Å²) in [7, 11) is 0. The molecule has 2 heteroatoms. The number of unbranched alkanes of at least 4 members (excludes halogenated alkanes) is 1. The maximum Gasteiger partial charge on any atom is 0.0400 e. The van der Waals surface area contributed by atoms with E-state index in [2.05, 4.69) is 61.1 Å². The summed E-state index contributed by atoms with van der Waals surface area (Å²) in [5.74, 6) is 0.799.